The van der Waals surface area contributed by atoms with Gasteiger partial charge in [-0.3, -0.25) is 4.79 Å². The first-order chi connectivity index (χ1) is 11.7. The number of rotatable bonds is 2. The lowest BCUT2D eigenvalue weighted by Crippen LogP contribution is -2.47. The van der Waals surface area contributed by atoms with E-state index in [4.69, 9.17) is 0 Å². The molecule has 4 heterocycles. The van der Waals surface area contributed by atoms with Crippen LogP contribution < -0.4 is 4.90 Å². The molecule has 2 aliphatic rings. The van der Waals surface area contributed by atoms with Crippen LogP contribution in [0.3, 0.4) is 0 Å². The summed E-state index contributed by atoms with van der Waals surface area (Å²) in [6.07, 6.45) is 7.22. The first-order valence-corrected chi connectivity index (χ1v) is 8.74. The molecule has 126 valence electrons. The molecule has 0 N–H and O–H groups in total. The smallest absolute Gasteiger partial charge is 0.270 e. The number of piperidine rings is 1. The molecular weight excluding hydrogens is 300 g/mol. The first-order valence-electron chi connectivity index (χ1n) is 8.74. The molecule has 0 radical (unpaired) electrons. The number of hydrogen-bond acceptors (Lipinski definition) is 3. The highest BCUT2D eigenvalue weighted by Crippen LogP contribution is 2.40. The number of carbonyl (C=O) groups is 1. The van der Waals surface area contributed by atoms with Gasteiger partial charge in [0.15, 0.2) is 0 Å². The third-order valence-electron chi connectivity index (χ3n) is 5.52. The molecule has 0 unspecified atom stereocenters. The topological polar surface area (TPSA) is 41.4 Å². The number of nitrogens with zero attached hydrogens (tertiary/aromatic N) is 4. The van der Waals surface area contributed by atoms with Crippen molar-refractivity contribution >= 4 is 11.7 Å². The lowest BCUT2D eigenvalue weighted by molar-refractivity contribution is 0.0547. The molecule has 5 nitrogen and oxygen atoms in total. The van der Waals surface area contributed by atoms with E-state index in [1.165, 1.54) is 6.42 Å². The fraction of sp³-hybridized carbons (Fsp3) is 0.474. The number of aryl methyl sites for hydroxylation is 1. The van der Waals surface area contributed by atoms with Crippen molar-refractivity contribution in [2.45, 2.75) is 19.3 Å². The Morgan fingerprint density at radius 1 is 1.12 bits per heavy atom. The highest BCUT2D eigenvalue weighted by atomic mass is 16.2. The Bertz CT molecular complexity index is 726. The van der Waals surface area contributed by atoms with Gasteiger partial charge in [-0.05, 0) is 43.5 Å². The predicted octanol–water partition coefficient (Wildman–Crippen LogP) is 2.55. The van der Waals surface area contributed by atoms with E-state index in [0.717, 1.165) is 50.5 Å². The van der Waals surface area contributed by atoms with Gasteiger partial charge >= 0.3 is 0 Å². The highest BCUT2D eigenvalue weighted by molar-refractivity contribution is 5.92. The summed E-state index contributed by atoms with van der Waals surface area (Å²) in [5.41, 5.74) is 1.00. The van der Waals surface area contributed by atoms with Gasteiger partial charge in [-0.1, -0.05) is 6.07 Å². The minimum Gasteiger partial charge on any atom is -0.356 e. The van der Waals surface area contributed by atoms with Gasteiger partial charge in [0.2, 0.25) is 0 Å². The predicted molar refractivity (Wildman–Crippen MR) is 94.1 cm³/mol. The van der Waals surface area contributed by atoms with Crippen LogP contribution in [0.4, 0.5) is 5.82 Å². The minimum absolute atomic E-state index is 0.165. The van der Waals surface area contributed by atoms with Crippen molar-refractivity contribution in [3.8, 4) is 0 Å². The fourth-order valence-electron chi connectivity index (χ4n) is 4.23. The van der Waals surface area contributed by atoms with E-state index in [1.54, 1.807) is 0 Å². The average Bonchev–Trinajstić information content (AvgIpc) is 3.22. The van der Waals surface area contributed by atoms with Crippen LogP contribution in [-0.4, -0.2) is 46.5 Å². The summed E-state index contributed by atoms with van der Waals surface area (Å²) in [4.78, 5) is 21.8. The van der Waals surface area contributed by atoms with E-state index in [1.807, 2.05) is 48.3 Å². The molecule has 4 rings (SSSR count). The molecule has 1 amide bonds. The Balaban J connectivity index is 1.49. The van der Waals surface area contributed by atoms with E-state index in [9.17, 15) is 4.79 Å². The zero-order valence-corrected chi connectivity index (χ0v) is 14.2. The Hall–Kier alpha value is -2.30. The van der Waals surface area contributed by atoms with Crippen LogP contribution in [0.25, 0.3) is 0 Å². The maximum atomic E-state index is 12.9. The lowest BCUT2D eigenvalue weighted by atomic mass is 9.79. The van der Waals surface area contributed by atoms with E-state index < -0.39 is 0 Å². The number of carbonyl (C=O) groups excluding carboxylic acids is 1. The van der Waals surface area contributed by atoms with Crippen molar-refractivity contribution < 1.29 is 4.79 Å². The van der Waals surface area contributed by atoms with Gasteiger partial charge in [0.05, 0.1) is 0 Å². The van der Waals surface area contributed by atoms with Crippen molar-refractivity contribution in [2.75, 3.05) is 31.1 Å². The number of anilines is 1. The van der Waals surface area contributed by atoms with Crippen LogP contribution in [0.1, 0.15) is 29.8 Å². The van der Waals surface area contributed by atoms with E-state index in [0.29, 0.717) is 0 Å². The molecular formula is C19H24N4O. The van der Waals surface area contributed by atoms with Crippen molar-refractivity contribution in [1.29, 1.82) is 0 Å². The molecule has 1 atom stereocenters. The normalized spacial score (nSPS) is 23.9. The molecule has 0 aliphatic carbocycles. The van der Waals surface area contributed by atoms with Gasteiger partial charge < -0.3 is 14.4 Å². The number of pyridine rings is 1. The van der Waals surface area contributed by atoms with Gasteiger partial charge in [-0.15, -0.1) is 0 Å². The van der Waals surface area contributed by atoms with Crippen LogP contribution in [0.5, 0.6) is 0 Å². The molecule has 2 aromatic heterocycles. The number of aromatic nitrogens is 2. The van der Waals surface area contributed by atoms with Crippen LogP contribution in [0, 0.1) is 5.41 Å². The largest absolute Gasteiger partial charge is 0.356 e. The molecule has 0 bridgehead atoms. The Morgan fingerprint density at radius 3 is 2.79 bits per heavy atom. The Kier molecular flexibility index (Phi) is 3.79. The molecule has 24 heavy (non-hydrogen) atoms. The number of amides is 1. The van der Waals surface area contributed by atoms with Gasteiger partial charge in [0.25, 0.3) is 5.91 Å². The van der Waals surface area contributed by atoms with Gasteiger partial charge in [-0.2, -0.15) is 0 Å². The SMILES string of the molecule is Cn1cccc1C(=O)N1CCC[C@@]2(CCN(c3ccccn3)C2)C1. The molecule has 2 aliphatic heterocycles. The standard InChI is InChI=1S/C19H24N4O/c1-21-11-4-6-16(21)18(24)23-12-5-8-19(15-23)9-13-22(14-19)17-7-2-3-10-20-17/h2-4,6-7,10-11H,5,8-9,12-15H2,1H3/t19-/m0/s1. The van der Waals surface area contributed by atoms with Crippen molar-refractivity contribution in [2.24, 2.45) is 12.5 Å². The average molecular weight is 324 g/mol. The summed E-state index contributed by atoms with van der Waals surface area (Å²) in [7, 11) is 1.94. The second kappa shape index (κ2) is 5.96. The maximum Gasteiger partial charge on any atom is 0.270 e. The van der Waals surface area contributed by atoms with Gasteiger partial charge in [-0.25, -0.2) is 4.98 Å². The maximum absolute atomic E-state index is 12.9. The summed E-state index contributed by atoms with van der Waals surface area (Å²) < 4.78 is 1.92. The van der Waals surface area contributed by atoms with Gasteiger partial charge in [0, 0.05) is 51.0 Å². The summed E-state index contributed by atoms with van der Waals surface area (Å²) in [6.45, 7) is 3.76. The van der Waals surface area contributed by atoms with E-state index >= 15 is 0 Å². The molecule has 2 saturated heterocycles. The number of hydrogen-bond donors (Lipinski definition) is 0. The fourth-order valence-corrected chi connectivity index (χ4v) is 4.23. The molecule has 1 spiro atoms. The third-order valence-corrected chi connectivity index (χ3v) is 5.52. The Morgan fingerprint density at radius 2 is 2.04 bits per heavy atom. The minimum atomic E-state index is 0.165. The quantitative estimate of drug-likeness (QED) is 0.852. The van der Waals surface area contributed by atoms with Crippen LogP contribution in [0.2, 0.25) is 0 Å². The Labute approximate surface area is 142 Å². The monoisotopic (exact) mass is 324 g/mol. The van der Waals surface area contributed by atoms with Crippen molar-refractivity contribution in [3.63, 3.8) is 0 Å². The zero-order chi connectivity index (χ0) is 16.6. The second-order valence-corrected chi connectivity index (χ2v) is 7.19. The van der Waals surface area contributed by atoms with Crippen LogP contribution in [0.15, 0.2) is 42.7 Å². The summed E-state index contributed by atoms with van der Waals surface area (Å²) in [5.74, 6) is 1.22. The zero-order valence-electron chi connectivity index (χ0n) is 14.2. The number of likely N-dealkylation sites (tertiary alicyclic amines) is 1. The highest BCUT2D eigenvalue weighted by Gasteiger charge is 2.43. The summed E-state index contributed by atoms with van der Waals surface area (Å²) >= 11 is 0. The molecule has 2 aromatic rings. The molecule has 0 saturated carbocycles. The lowest BCUT2D eigenvalue weighted by Gasteiger charge is -2.40. The van der Waals surface area contributed by atoms with E-state index in [2.05, 4.69) is 20.9 Å². The van der Waals surface area contributed by atoms with Gasteiger partial charge in [0.1, 0.15) is 11.5 Å². The van der Waals surface area contributed by atoms with Crippen molar-refractivity contribution in [1.82, 2.24) is 14.5 Å². The third kappa shape index (κ3) is 2.68. The van der Waals surface area contributed by atoms with Crippen LogP contribution in [-0.2, 0) is 7.05 Å². The molecule has 0 aromatic carbocycles. The van der Waals surface area contributed by atoms with E-state index in [-0.39, 0.29) is 11.3 Å². The molecule has 2 fully saturated rings. The van der Waals surface area contributed by atoms with Crippen molar-refractivity contribution in [3.05, 3.63) is 48.4 Å². The molecule has 5 heteroatoms. The summed E-state index contributed by atoms with van der Waals surface area (Å²) in [6, 6.07) is 9.92. The van der Waals surface area contributed by atoms with Crippen LogP contribution >= 0.6 is 0 Å². The summed E-state index contributed by atoms with van der Waals surface area (Å²) in [5, 5.41) is 0. The second-order valence-electron chi connectivity index (χ2n) is 7.19. The first kappa shape index (κ1) is 15.2.